The van der Waals surface area contributed by atoms with Crippen LogP contribution in [0.15, 0.2) is 183 Å². The van der Waals surface area contributed by atoms with Crippen LogP contribution in [0, 0.1) is 0 Å². The molecule has 0 amide bonds. The van der Waals surface area contributed by atoms with Crippen LogP contribution >= 0.6 is 23.2 Å². The molecule has 0 spiro atoms. The molecule has 0 N–H and O–H groups in total. The van der Waals surface area contributed by atoms with Crippen LogP contribution in [0.2, 0.25) is 10.0 Å². The summed E-state index contributed by atoms with van der Waals surface area (Å²) in [5.74, 6) is 0. The molecule has 0 aliphatic rings. The van der Waals surface area contributed by atoms with E-state index in [2.05, 4.69) is 155 Å². The van der Waals surface area contributed by atoms with Gasteiger partial charge < -0.3 is 12.4 Å². The molecule has 1 unspecified atom stereocenters. The lowest BCUT2D eigenvalue weighted by molar-refractivity contribution is -0.704. The fraction of sp³-hybridized carbons (Fsp3) is 0.0488. The first kappa shape index (κ1) is 31.4. The second kappa shape index (κ2) is 13.8. The number of benzene rings is 6. The fourth-order valence-corrected chi connectivity index (χ4v) is 6.98. The van der Waals surface area contributed by atoms with Crippen LogP contribution in [0.4, 0.5) is 0 Å². The molecule has 0 radical (unpaired) electrons. The van der Waals surface area contributed by atoms with Crippen molar-refractivity contribution in [2.45, 2.75) is 11.6 Å². The van der Waals surface area contributed by atoms with E-state index in [1.54, 1.807) is 0 Å². The first-order valence-corrected chi connectivity index (χ1v) is 15.8. The van der Waals surface area contributed by atoms with E-state index in [9.17, 15) is 0 Å². The van der Waals surface area contributed by atoms with Crippen LogP contribution < -0.4 is 17.0 Å². The lowest BCUT2D eigenvalue weighted by Gasteiger charge is -2.33. The van der Waals surface area contributed by atoms with Gasteiger partial charge in [-0.25, -0.2) is 9.13 Å². The van der Waals surface area contributed by atoms with Gasteiger partial charge in [0, 0.05) is 32.8 Å². The average molecular weight is 658 g/mol. The third-order valence-corrected chi connectivity index (χ3v) is 9.04. The predicted octanol–water partition coefficient (Wildman–Crippen LogP) is 7.23. The van der Waals surface area contributed by atoms with Crippen molar-refractivity contribution in [1.29, 1.82) is 0 Å². The van der Waals surface area contributed by atoms with Crippen molar-refractivity contribution in [3.05, 3.63) is 220 Å². The van der Waals surface area contributed by atoms with Crippen molar-refractivity contribution < 1.29 is 17.0 Å². The lowest BCUT2D eigenvalue weighted by atomic mass is 9.76. The largest absolute Gasteiger partial charge is 1.00 e. The second-order valence-corrected chi connectivity index (χ2v) is 12.0. The maximum atomic E-state index is 7.09. The van der Waals surface area contributed by atoms with Gasteiger partial charge in [0.15, 0.2) is 11.6 Å². The number of nitrogens with zero attached hydrogens (tertiary/aromatic N) is 2. The summed E-state index contributed by atoms with van der Waals surface area (Å²) in [6.07, 6.45) is 6.51. The van der Waals surface area contributed by atoms with E-state index in [4.69, 9.17) is 23.2 Å². The molecule has 1 heterocycles. The molecule has 0 aliphatic heterocycles. The molecule has 0 bridgehead atoms. The molecule has 1 atom stereocenters. The number of hydrogen-bond donors (Lipinski definition) is 0. The Morgan fingerprint density at radius 1 is 0.543 bits per heavy atom. The first-order chi connectivity index (χ1) is 22.1. The SMILES string of the molecule is Clc1ccc(C(c2ccccc2)(c2ccccc2)n2cc[n+](C(c3ccccc3)c3ccc(-c4ccccc4)cc3)c2)c(Cl)c1.[Cl-]. The zero-order chi connectivity index (χ0) is 30.6. The average Bonchev–Trinajstić information content (AvgIpc) is 3.58. The Balaban J connectivity index is 0.00000372. The van der Waals surface area contributed by atoms with Gasteiger partial charge in [0.05, 0.1) is 5.02 Å². The maximum absolute atomic E-state index is 7.09. The van der Waals surface area contributed by atoms with Crippen molar-refractivity contribution in [3.63, 3.8) is 0 Å². The summed E-state index contributed by atoms with van der Waals surface area (Å²) in [7, 11) is 0. The Morgan fingerprint density at radius 2 is 1.04 bits per heavy atom. The lowest BCUT2D eigenvalue weighted by Crippen LogP contribution is -3.00. The number of aromatic nitrogens is 2. The molecule has 2 nitrogen and oxygen atoms in total. The summed E-state index contributed by atoms with van der Waals surface area (Å²) in [6, 6.07) is 56.9. The van der Waals surface area contributed by atoms with Gasteiger partial charge in [-0.3, -0.25) is 0 Å². The minimum atomic E-state index is -0.770. The minimum Gasteiger partial charge on any atom is -1.00 e. The maximum Gasteiger partial charge on any atom is 0.245 e. The molecule has 0 saturated carbocycles. The van der Waals surface area contributed by atoms with Gasteiger partial charge in [-0.05, 0) is 23.3 Å². The van der Waals surface area contributed by atoms with Gasteiger partial charge >= 0.3 is 0 Å². The predicted molar refractivity (Wildman–Crippen MR) is 185 cm³/mol. The molecule has 7 rings (SSSR count). The van der Waals surface area contributed by atoms with Crippen molar-refractivity contribution in [1.82, 2.24) is 4.57 Å². The van der Waals surface area contributed by atoms with E-state index in [-0.39, 0.29) is 18.4 Å². The van der Waals surface area contributed by atoms with Gasteiger partial charge in [0.2, 0.25) is 6.33 Å². The van der Waals surface area contributed by atoms with Gasteiger partial charge in [-0.2, -0.15) is 0 Å². The Hall–Kier alpha value is -4.60. The highest BCUT2D eigenvalue weighted by atomic mass is 35.5. The molecular formula is C41H31Cl3N2. The summed E-state index contributed by atoms with van der Waals surface area (Å²) in [5, 5.41) is 1.20. The van der Waals surface area contributed by atoms with E-state index in [1.807, 2.05) is 36.4 Å². The van der Waals surface area contributed by atoms with E-state index in [0.29, 0.717) is 10.0 Å². The summed E-state index contributed by atoms with van der Waals surface area (Å²) >= 11 is 13.5. The number of imidazole rings is 1. The van der Waals surface area contributed by atoms with Gasteiger partial charge in [0.25, 0.3) is 0 Å². The highest BCUT2D eigenvalue weighted by molar-refractivity contribution is 6.35. The zero-order valence-corrected chi connectivity index (χ0v) is 27.2. The molecule has 226 valence electrons. The monoisotopic (exact) mass is 656 g/mol. The highest BCUT2D eigenvalue weighted by Gasteiger charge is 2.45. The van der Waals surface area contributed by atoms with Crippen LogP contribution in [0.5, 0.6) is 0 Å². The zero-order valence-electron chi connectivity index (χ0n) is 24.9. The minimum absolute atomic E-state index is 0. The highest BCUT2D eigenvalue weighted by Crippen LogP contribution is 2.44. The van der Waals surface area contributed by atoms with Crippen molar-refractivity contribution in [2.24, 2.45) is 0 Å². The summed E-state index contributed by atoms with van der Waals surface area (Å²) < 4.78 is 4.57. The van der Waals surface area contributed by atoms with Crippen molar-refractivity contribution in [3.8, 4) is 11.1 Å². The van der Waals surface area contributed by atoms with E-state index in [0.717, 1.165) is 16.7 Å². The molecular weight excluding hydrogens is 627 g/mol. The third kappa shape index (κ3) is 5.88. The standard InChI is InChI=1S/C41H31Cl2N2.ClH/c42-37-25-26-38(39(43)29-37)41(35-17-9-3-10-18-35,36-19-11-4-12-20-36)45-28-27-44(30-45)40(33-15-7-2-8-16-33)34-23-21-32(22-24-34)31-13-5-1-6-14-31;/h1-30,40H;1H/q+1;/p-1. The van der Waals surface area contributed by atoms with Crippen LogP contribution in [-0.4, -0.2) is 4.57 Å². The van der Waals surface area contributed by atoms with Crippen molar-refractivity contribution in [2.75, 3.05) is 0 Å². The molecule has 7 aromatic rings. The summed E-state index contributed by atoms with van der Waals surface area (Å²) in [4.78, 5) is 0. The van der Waals surface area contributed by atoms with Crippen LogP contribution in [-0.2, 0) is 5.54 Å². The molecule has 0 aliphatic carbocycles. The molecule has 5 heteroatoms. The Kier molecular flexibility index (Phi) is 9.42. The normalized spacial score (nSPS) is 11.9. The molecule has 0 saturated heterocycles. The quantitative estimate of drug-likeness (QED) is 0.121. The van der Waals surface area contributed by atoms with E-state index >= 15 is 0 Å². The number of hydrogen-bond acceptors (Lipinski definition) is 0. The van der Waals surface area contributed by atoms with Crippen LogP contribution in [0.1, 0.15) is 33.9 Å². The molecule has 1 aromatic heterocycles. The Bertz CT molecular complexity index is 1970. The molecule has 46 heavy (non-hydrogen) atoms. The summed E-state index contributed by atoms with van der Waals surface area (Å²) in [5.41, 5.74) is 7.14. The second-order valence-electron chi connectivity index (χ2n) is 11.1. The Morgan fingerprint density at radius 3 is 1.61 bits per heavy atom. The third-order valence-electron chi connectivity index (χ3n) is 8.50. The van der Waals surface area contributed by atoms with Gasteiger partial charge in [-0.1, -0.05) is 175 Å². The molecule has 0 fully saturated rings. The number of rotatable bonds is 8. The smallest absolute Gasteiger partial charge is 0.245 e. The topological polar surface area (TPSA) is 8.81 Å². The van der Waals surface area contributed by atoms with Crippen molar-refractivity contribution >= 4 is 23.2 Å². The van der Waals surface area contributed by atoms with Crippen LogP contribution in [0.25, 0.3) is 11.1 Å². The van der Waals surface area contributed by atoms with Crippen LogP contribution in [0.3, 0.4) is 0 Å². The fourth-order valence-electron chi connectivity index (χ4n) is 6.44. The first-order valence-electron chi connectivity index (χ1n) is 15.0. The van der Waals surface area contributed by atoms with Gasteiger partial charge in [-0.15, -0.1) is 0 Å². The summed E-state index contributed by atoms with van der Waals surface area (Å²) in [6.45, 7) is 0. The number of halogens is 3. The Labute approximate surface area is 286 Å². The molecule has 6 aromatic carbocycles. The van der Waals surface area contributed by atoms with E-state index < -0.39 is 5.54 Å². The van der Waals surface area contributed by atoms with E-state index in [1.165, 1.54) is 22.3 Å². The van der Waals surface area contributed by atoms with Gasteiger partial charge in [0.1, 0.15) is 12.4 Å².